The van der Waals surface area contributed by atoms with Gasteiger partial charge in [0.15, 0.2) is 11.6 Å². The highest BCUT2D eigenvalue weighted by molar-refractivity contribution is 8.21. The average Bonchev–Trinajstić information content (AvgIpc) is 2.70. The van der Waals surface area contributed by atoms with Crippen molar-refractivity contribution in [3.63, 3.8) is 0 Å². The normalized spacial score (nSPS) is 18.6. The number of alkyl carbamates (subject to hydrolysis) is 1. The van der Waals surface area contributed by atoms with Crippen LogP contribution in [0.2, 0.25) is 0 Å². The SMILES string of the molecule is CSC(SC)=C1C(=O)c2ccccc2C(CCC(C)C)(COC(=O)NC(C)C)C1=O. The van der Waals surface area contributed by atoms with Crippen LogP contribution in [0.15, 0.2) is 34.1 Å². The molecule has 0 saturated heterocycles. The van der Waals surface area contributed by atoms with Gasteiger partial charge in [-0.3, -0.25) is 9.59 Å². The second-order valence-corrected chi connectivity index (χ2v) is 10.1. The van der Waals surface area contributed by atoms with E-state index in [1.165, 1.54) is 23.5 Å². The molecule has 0 heterocycles. The number of amides is 1. The first kappa shape index (κ1) is 24.5. The summed E-state index contributed by atoms with van der Waals surface area (Å²) in [5.74, 6) is -0.138. The average molecular weight is 450 g/mol. The number of thioether (sulfide) groups is 2. The van der Waals surface area contributed by atoms with Crippen LogP contribution in [0.25, 0.3) is 0 Å². The maximum atomic E-state index is 13.9. The van der Waals surface area contributed by atoms with E-state index >= 15 is 0 Å². The summed E-state index contributed by atoms with van der Waals surface area (Å²) in [6.45, 7) is 7.78. The van der Waals surface area contributed by atoms with Crippen LogP contribution in [-0.4, -0.2) is 42.8 Å². The van der Waals surface area contributed by atoms with Gasteiger partial charge in [0.2, 0.25) is 0 Å². The van der Waals surface area contributed by atoms with E-state index in [1.807, 2.05) is 44.6 Å². The zero-order valence-corrected chi connectivity index (χ0v) is 20.2. The predicted molar refractivity (Wildman–Crippen MR) is 125 cm³/mol. The zero-order valence-electron chi connectivity index (χ0n) is 18.5. The van der Waals surface area contributed by atoms with Crippen LogP contribution in [0.4, 0.5) is 4.79 Å². The van der Waals surface area contributed by atoms with Gasteiger partial charge < -0.3 is 10.1 Å². The summed E-state index contributed by atoms with van der Waals surface area (Å²) in [7, 11) is 0. The van der Waals surface area contributed by atoms with Gasteiger partial charge in [0.1, 0.15) is 6.61 Å². The van der Waals surface area contributed by atoms with Gasteiger partial charge in [-0.1, -0.05) is 38.1 Å². The molecule has 1 unspecified atom stereocenters. The molecule has 0 saturated carbocycles. The number of carbonyl (C=O) groups excluding carboxylic acids is 3. The van der Waals surface area contributed by atoms with Crippen molar-refractivity contribution in [1.29, 1.82) is 0 Å². The number of ketones is 2. The van der Waals surface area contributed by atoms with Crippen LogP contribution >= 0.6 is 23.5 Å². The van der Waals surface area contributed by atoms with E-state index < -0.39 is 11.5 Å². The highest BCUT2D eigenvalue weighted by Crippen LogP contribution is 2.44. The minimum Gasteiger partial charge on any atom is -0.448 e. The lowest BCUT2D eigenvalue weighted by Crippen LogP contribution is -2.49. The van der Waals surface area contributed by atoms with Crippen molar-refractivity contribution in [2.75, 3.05) is 19.1 Å². The van der Waals surface area contributed by atoms with Gasteiger partial charge in [0.05, 0.1) is 15.2 Å². The smallest absolute Gasteiger partial charge is 0.407 e. The molecule has 5 nitrogen and oxygen atoms in total. The fraction of sp³-hybridized carbons (Fsp3) is 0.522. The maximum Gasteiger partial charge on any atom is 0.407 e. The molecule has 0 aliphatic heterocycles. The van der Waals surface area contributed by atoms with Crippen molar-refractivity contribution in [2.45, 2.75) is 52.0 Å². The Bertz CT molecular complexity index is 841. The Balaban J connectivity index is 2.65. The molecule has 1 aromatic carbocycles. The highest BCUT2D eigenvalue weighted by Gasteiger charge is 2.50. The minimum absolute atomic E-state index is 0.0740. The Morgan fingerprint density at radius 1 is 1.10 bits per heavy atom. The van der Waals surface area contributed by atoms with E-state index in [4.69, 9.17) is 4.74 Å². The molecular weight excluding hydrogens is 418 g/mol. The third-order valence-electron chi connectivity index (χ3n) is 5.16. The summed E-state index contributed by atoms with van der Waals surface area (Å²) < 4.78 is 6.26. The fourth-order valence-corrected chi connectivity index (χ4v) is 5.08. The van der Waals surface area contributed by atoms with Gasteiger partial charge in [0, 0.05) is 11.6 Å². The van der Waals surface area contributed by atoms with Crippen LogP contribution < -0.4 is 5.32 Å². The van der Waals surface area contributed by atoms with E-state index in [2.05, 4.69) is 19.2 Å². The Morgan fingerprint density at radius 3 is 2.30 bits per heavy atom. The van der Waals surface area contributed by atoms with Gasteiger partial charge in [-0.25, -0.2) is 4.79 Å². The molecule has 1 aromatic rings. The molecule has 2 rings (SSSR count). The molecule has 1 atom stereocenters. The Hall–Kier alpha value is -1.73. The number of ether oxygens (including phenoxy) is 1. The van der Waals surface area contributed by atoms with Gasteiger partial charge >= 0.3 is 6.09 Å². The first-order valence-corrected chi connectivity index (χ1v) is 12.6. The highest BCUT2D eigenvalue weighted by atomic mass is 32.2. The maximum absolute atomic E-state index is 13.9. The number of hydrogen-bond donors (Lipinski definition) is 1. The zero-order chi connectivity index (χ0) is 22.5. The quantitative estimate of drug-likeness (QED) is 0.434. The molecule has 1 aliphatic rings. The molecule has 7 heteroatoms. The van der Waals surface area contributed by atoms with E-state index in [1.54, 1.807) is 6.07 Å². The monoisotopic (exact) mass is 449 g/mol. The van der Waals surface area contributed by atoms with Crippen molar-refractivity contribution >= 4 is 41.2 Å². The number of Topliss-reactive ketones (excluding diaryl/α,β-unsaturated/α-hetero) is 2. The molecular formula is C23H31NO4S2. The second kappa shape index (κ2) is 10.5. The van der Waals surface area contributed by atoms with Crippen LogP contribution in [0.5, 0.6) is 0 Å². The van der Waals surface area contributed by atoms with Crippen LogP contribution in [0.3, 0.4) is 0 Å². The summed E-state index contributed by atoms with van der Waals surface area (Å²) in [4.78, 5) is 39.4. The number of nitrogens with one attached hydrogen (secondary N) is 1. The van der Waals surface area contributed by atoms with Crippen molar-refractivity contribution in [3.05, 3.63) is 45.2 Å². The number of rotatable bonds is 8. The number of fused-ring (bicyclic) bond motifs is 1. The third kappa shape index (κ3) is 5.11. The molecule has 1 aliphatic carbocycles. The molecule has 164 valence electrons. The largest absolute Gasteiger partial charge is 0.448 e. The second-order valence-electron chi connectivity index (χ2n) is 8.16. The summed E-state index contributed by atoms with van der Waals surface area (Å²) >= 11 is 2.79. The molecule has 30 heavy (non-hydrogen) atoms. The number of benzene rings is 1. The number of allylic oxidation sites excluding steroid dienone is 1. The van der Waals surface area contributed by atoms with Gasteiger partial charge in [-0.2, -0.15) is 0 Å². The summed E-state index contributed by atoms with van der Waals surface area (Å²) in [5.41, 5.74) is 0.313. The summed E-state index contributed by atoms with van der Waals surface area (Å²) in [6.07, 6.45) is 4.44. The Morgan fingerprint density at radius 2 is 1.73 bits per heavy atom. The van der Waals surface area contributed by atoms with E-state index in [-0.39, 0.29) is 29.8 Å². The van der Waals surface area contributed by atoms with Gasteiger partial charge in [-0.15, -0.1) is 23.5 Å². The van der Waals surface area contributed by atoms with Crippen LogP contribution in [0, 0.1) is 5.92 Å². The molecule has 0 aromatic heterocycles. The summed E-state index contributed by atoms with van der Waals surface area (Å²) in [5, 5.41) is 2.71. The topological polar surface area (TPSA) is 72.5 Å². The Labute approximate surface area is 187 Å². The first-order valence-electron chi connectivity index (χ1n) is 10.1. The minimum atomic E-state index is -1.07. The fourth-order valence-electron chi connectivity index (χ4n) is 3.64. The molecule has 1 N–H and O–H groups in total. The summed E-state index contributed by atoms with van der Waals surface area (Å²) in [6, 6.07) is 7.15. The molecule has 1 amide bonds. The van der Waals surface area contributed by atoms with Crippen LogP contribution in [-0.2, 0) is 14.9 Å². The van der Waals surface area contributed by atoms with Crippen molar-refractivity contribution in [3.8, 4) is 0 Å². The van der Waals surface area contributed by atoms with Gasteiger partial charge in [-0.05, 0) is 50.7 Å². The van der Waals surface area contributed by atoms with E-state index in [9.17, 15) is 14.4 Å². The molecule has 0 radical (unpaired) electrons. The van der Waals surface area contributed by atoms with Gasteiger partial charge in [0.25, 0.3) is 0 Å². The van der Waals surface area contributed by atoms with Crippen molar-refractivity contribution in [2.24, 2.45) is 5.92 Å². The standard InChI is InChI=1S/C23H31NO4S2/c1-14(2)11-12-23(13-28-22(27)24-15(3)4)17-10-8-7-9-16(17)19(25)18(20(23)26)21(29-5)30-6/h7-10,14-15H,11-13H2,1-6H3,(H,24,27). The van der Waals surface area contributed by atoms with E-state index in [0.717, 1.165) is 6.42 Å². The first-order chi connectivity index (χ1) is 14.2. The third-order valence-corrected chi connectivity index (χ3v) is 7.31. The molecule has 0 fully saturated rings. The predicted octanol–water partition coefficient (Wildman–Crippen LogP) is 5.20. The molecule has 0 spiro atoms. The van der Waals surface area contributed by atoms with E-state index in [0.29, 0.717) is 27.7 Å². The van der Waals surface area contributed by atoms with Crippen LogP contribution in [0.1, 0.15) is 56.5 Å². The number of carbonyl (C=O) groups is 3. The number of hydrogen-bond acceptors (Lipinski definition) is 6. The lowest BCUT2D eigenvalue weighted by molar-refractivity contribution is -0.122. The van der Waals surface area contributed by atoms with Crippen molar-refractivity contribution < 1.29 is 19.1 Å². The molecule has 0 bridgehead atoms. The lowest BCUT2D eigenvalue weighted by Gasteiger charge is -2.38. The van der Waals surface area contributed by atoms with Crippen molar-refractivity contribution in [1.82, 2.24) is 5.32 Å². The lowest BCUT2D eigenvalue weighted by atomic mass is 9.64. The Kier molecular flexibility index (Phi) is 8.62.